The molecule has 0 bridgehead atoms. The first-order valence-corrected chi connectivity index (χ1v) is 0. The molecule has 4 heteroatoms. The predicted molar refractivity (Wildman–Crippen MR) is 22.1 cm³/mol. The summed E-state index contributed by atoms with van der Waals surface area (Å²) in [5.41, 5.74) is 0. The standard InChI is InChI=1S/CH4.Fe.H3N.Pt.H2S/h1H4;;1H3;;1H2. The molecule has 0 aromatic heterocycles. The van der Waals surface area contributed by atoms with Crippen LogP contribution in [0.25, 0.3) is 0 Å². The molecule has 0 atom stereocenters. The molecule has 0 aliphatic carbocycles. The zero-order chi connectivity index (χ0) is 0. The molecule has 5 heavy (non-hydrogen) atoms. The molecule has 42 valence electrons. The quantitative estimate of drug-likeness (QED) is 0.662. The van der Waals surface area contributed by atoms with Crippen molar-refractivity contribution in [1.29, 1.82) is 0 Å². The van der Waals surface area contributed by atoms with Crippen LogP contribution >= 0.6 is 13.5 Å². The van der Waals surface area contributed by atoms with Crippen molar-refractivity contribution in [3.8, 4) is 0 Å². The molecule has 0 rings (SSSR count). The second-order valence-corrected chi connectivity index (χ2v) is 0. The zero-order valence-electron chi connectivity index (χ0n) is 1.88. The molecule has 0 saturated heterocycles. The molecule has 0 amide bonds. The third-order valence-electron chi connectivity index (χ3n) is 0. The Morgan fingerprint density at radius 2 is 1.00 bits per heavy atom. The van der Waals surface area contributed by atoms with Gasteiger partial charge in [0.15, 0.2) is 0 Å². The van der Waals surface area contributed by atoms with Gasteiger partial charge in [0.25, 0.3) is 0 Å². The third-order valence-corrected chi connectivity index (χ3v) is 0. The Morgan fingerprint density at radius 3 is 1.00 bits per heavy atom. The normalized spacial score (nSPS) is 0. The average Bonchev–Trinajstić information content (AvgIpc) is 0. The minimum absolute atomic E-state index is 0. The van der Waals surface area contributed by atoms with E-state index in [1.807, 2.05) is 0 Å². The Hall–Kier alpha value is 1.52. The van der Waals surface area contributed by atoms with Crippen molar-refractivity contribution in [2.75, 3.05) is 0 Å². The van der Waals surface area contributed by atoms with Crippen molar-refractivity contribution in [3.05, 3.63) is 0 Å². The van der Waals surface area contributed by atoms with E-state index in [-0.39, 0.29) is 65.2 Å². The van der Waals surface area contributed by atoms with Crippen LogP contribution in [-0.2, 0) is 38.1 Å². The molecule has 0 aromatic carbocycles. The Labute approximate surface area is 65.1 Å². The van der Waals surface area contributed by atoms with Crippen molar-refractivity contribution in [1.82, 2.24) is 6.15 Å². The molecule has 3 N–H and O–H groups in total. The fraction of sp³-hybridized carbons (Fsp3) is 1.00. The Balaban J connectivity index is 0. The molecule has 0 saturated carbocycles. The third kappa shape index (κ3) is 29.6. The van der Waals surface area contributed by atoms with Crippen LogP contribution in [-0.4, -0.2) is 0 Å². The van der Waals surface area contributed by atoms with Crippen LogP contribution in [0.5, 0.6) is 0 Å². The van der Waals surface area contributed by atoms with Gasteiger partial charge in [-0.3, -0.25) is 0 Å². The van der Waals surface area contributed by atoms with Crippen LogP contribution in [0.4, 0.5) is 0 Å². The minimum Gasteiger partial charge on any atom is -0.344 e. The molecule has 0 aromatic rings. The van der Waals surface area contributed by atoms with Crippen LogP contribution in [0.1, 0.15) is 7.43 Å². The first kappa shape index (κ1) is 86.1. The Kier molecular flexibility index (Phi) is 842. The van der Waals surface area contributed by atoms with Gasteiger partial charge in [-0.1, -0.05) is 7.43 Å². The summed E-state index contributed by atoms with van der Waals surface area (Å²) in [6, 6.07) is 0. The van der Waals surface area contributed by atoms with Gasteiger partial charge < -0.3 is 6.15 Å². The van der Waals surface area contributed by atoms with Gasteiger partial charge >= 0.3 is 0 Å². The molecule has 0 unspecified atom stereocenters. The van der Waals surface area contributed by atoms with E-state index in [2.05, 4.69) is 0 Å². The van der Waals surface area contributed by atoms with Crippen LogP contribution in [0, 0.1) is 0 Å². The van der Waals surface area contributed by atoms with E-state index >= 15 is 0 Å². The van der Waals surface area contributed by atoms with Crippen LogP contribution < -0.4 is 6.15 Å². The maximum atomic E-state index is 0. The van der Waals surface area contributed by atoms with Gasteiger partial charge in [0, 0.05) is 38.1 Å². The summed E-state index contributed by atoms with van der Waals surface area (Å²) >= 11 is 0. The summed E-state index contributed by atoms with van der Waals surface area (Å²) in [6.07, 6.45) is 0. The SMILES string of the molecule is C.N.S.[Fe].[Pt]. The summed E-state index contributed by atoms with van der Waals surface area (Å²) in [7, 11) is 0. The van der Waals surface area contributed by atoms with Gasteiger partial charge in [0.1, 0.15) is 0 Å². The molecule has 0 radical (unpaired) electrons. The van der Waals surface area contributed by atoms with Gasteiger partial charge in [-0.25, -0.2) is 0 Å². The van der Waals surface area contributed by atoms with E-state index in [1.165, 1.54) is 0 Å². The van der Waals surface area contributed by atoms with Crippen molar-refractivity contribution in [2.45, 2.75) is 7.43 Å². The largest absolute Gasteiger partial charge is 0.344 e. The Morgan fingerprint density at radius 1 is 1.00 bits per heavy atom. The van der Waals surface area contributed by atoms with Gasteiger partial charge in [-0.15, -0.1) is 0 Å². The summed E-state index contributed by atoms with van der Waals surface area (Å²) < 4.78 is 0. The molecule has 0 fully saturated rings. The van der Waals surface area contributed by atoms with Crippen molar-refractivity contribution in [3.63, 3.8) is 0 Å². The van der Waals surface area contributed by atoms with Crippen molar-refractivity contribution in [2.24, 2.45) is 0 Å². The summed E-state index contributed by atoms with van der Waals surface area (Å²) in [4.78, 5) is 0. The van der Waals surface area contributed by atoms with Crippen molar-refractivity contribution < 1.29 is 38.1 Å². The van der Waals surface area contributed by atoms with E-state index in [4.69, 9.17) is 0 Å². The van der Waals surface area contributed by atoms with E-state index in [9.17, 15) is 0 Å². The first-order valence-electron chi connectivity index (χ1n) is 0. The summed E-state index contributed by atoms with van der Waals surface area (Å²) in [5.74, 6) is 0. The maximum Gasteiger partial charge on any atom is 0 e. The maximum absolute atomic E-state index is 0. The summed E-state index contributed by atoms with van der Waals surface area (Å²) in [6.45, 7) is 0. The van der Waals surface area contributed by atoms with Gasteiger partial charge in [-0.2, -0.15) is 13.5 Å². The van der Waals surface area contributed by atoms with Gasteiger partial charge in [-0.05, 0) is 0 Å². The second-order valence-electron chi connectivity index (χ2n) is 0. The first-order chi connectivity index (χ1) is 0. The number of hydrogen-bond acceptors (Lipinski definition) is 1. The smallest absolute Gasteiger partial charge is 0 e. The van der Waals surface area contributed by atoms with E-state index in [1.54, 1.807) is 0 Å². The van der Waals surface area contributed by atoms with Crippen molar-refractivity contribution >= 4 is 13.5 Å². The monoisotopic (exact) mass is 318 g/mol. The molecule has 0 spiro atoms. The molecule has 0 aliphatic heterocycles. The Bertz CT molecular complexity index is 11.6. The molecule has 0 aliphatic rings. The molecule has 0 heterocycles. The predicted octanol–water partition coefficient (Wildman–Crippen LogP) is 0.906. The fourth-order valence-electron chi connectivity index (χ4n) is 0. The fourth-order valence-corrected chi connectivity index (χ4v) is 0. The minimum atomic E-state index is 0. The topological polar surface area (TPSA) is 35.0 Å². The second kappa shape index (κ2) is 48.9. The number of rotatable bonds is 0. The van der Waals surface area contributed by atoms with E-state index < -0.39 is 0 Å². The zero-order valence-corrected chi connectivity index (χ0v) is 6.25. The molecular weight excluding hydrogens is 309 g/mol. The van der Waals surface area contributed by atoms with Crippen LogP contribution in [0.2, 0.25) is 0 Å². The van der Waals surface area contributed by atoms with Gasteiger partial charge in [0.05, 0.1) is 0 Å². The van der Waals surface area contributed by atoms with Crippen LogP contribution in [0.15, 0.2) is 0 Å². The van der Waals surface area contributed by atoms with E-state index in [0.717, 1.165) is 0 Å². The molecular formula is CH9FeNPtS. The van der Waals surface area contributed by atoms with E-state index in [0.29, 0.717) is 0 Å². The van der Waals surface area contributed by atoms with Crippen LogP contribution in [0.3, 0.4) is 0 Å². The average molecular weight is 318 g/mol. The number of hydrogen-bond donors (Lipinski definition) is 1. The molecule has 1 nitrogen and oxygen atoms in total. The van der Waals surface area contributed by atoms with Gasteiger partial charge in [0.2, 0.25) is 0 Å². The summed E-state index contributed by atoms with van der Waals surface area (Å²) in [5, 5.41) is 0.